The van der Waals surface area contributed by atoms with E-state index >= 15 is 0 Å². The number of carbonyl (C=O) groups is 1. The smallest absolute Gasteiger partial charge is 0.286 e. The van der Waals surface area contributed by atoms with Gasteiger partial charge < -0.3 is 19.2 Å². The molecule has 0 saturated heterocycles. The van der Waals surface area contributed by atoms with Crippen LogP contribution in [0.3, 0.4) is 0 Å². The first-order valence-corrected chi connectivity index (χ1v) is 11.0. The van der Waals surface area contributed by atoms with Gasteiger partial charge in [-0.3, -0.25) is 9.69 Å². The van der Waals surface area contributed by atoms with Crippen LogP contribution in [0, 0.1) is 0 Å². The normalized spacial score (nSPS) is 14.3. The number of amides is 1. The van der Waals surface area contributed by atoms with Crippen molar-refractivity contribution >= 4 is 17.7 Å². The lowest BCUT2D eigenvalue weighted by molar-refractivity contribution is 0.0926. The molecule has 0 unspecified atom stereocenters. The number of hydrogen-bond acceptors (Lipinski definition) is 6. The number of rotatable bonds is 8. The zero-order chi connectivity index (χ0) is 22.3. The SMILES string of the molecule is CN(C)c1ccc(C=CCN2CCc3nnc(CCNC(=O)c4ccco4)n3CC2)cc1. The van der Waals surface area contributed by atoms with Gasteiger partial charge in [0.05, 0.1) is 6.26 Å². The zero-order valence-corrected chi connectivity index (χ0v) is 18.7. The summed E-state index contributed by atoms with van der Waals surface area (Å²) in [6.07, 6.45) is 7.41. The standard InChI is InChI=1S/C24H30N6O2/c1-28(2)20-9-7-19(8-10-20)5-3-14-29-15-12-23-27-26-22(30(23)17-16-29)11-13-25-24(31)21-6-4-18-32-21/h3-10,18H,11-17H2,1-2H3,(H,25,31). The van der Waals surface area contributed by atoms with E-state index in [4.69, 9.17) is 4.42 Å². The van der Waals surface area contributed by atoms with Crippen LogP contribution in [0.4, 0.5) is 5.69 Å². The quantitative estimate of drug-likeness (QED) is 0.587. The third-order valence-corrected chi connectivity index (χ3v) is 5.66. The van der Waals surface area contributed by atoms with Gasteiger partial charge in [-0.15, -0.1) is 10.2 Å². The van der Waals surface area contributed by atoms with Crippen molar-refractivity contribution in [2.75, 3.05) is 45.2 Å². The molecule has 1 aliphatic rings. The van der Waals surface area contributed by atoms with Crippen LogP contribution in [0.25, 0.3) is 6.08 Å². The van der Waals surface area contributed by atoms with Crippen LogP contribution in [0.1, 0.15) is 27.8 Å². The second-order valence-corrected chi connectivity index (χ2v) is 8.11. The van der Waals surface area contributed by atoms with Gasteiger partial charge in [0, 0.05) is 65.3 Å². The summed E-state index contributed by atoms with van der Waals surface area (Å²) in [6.45, 7) is 4.16. The summed E-state index contributed by atoms with van der Waals surface area (Å²) in [5, 5.41) is 11.6. The lowest BCUT2D eigenvalue weighted by atomic mass is 10.2. The van der Waals surface area contributed by atoms with Crippen LogP contribution in [0.15, 0.2) is 53.2 Å². The molecule has 2 aromatic heterocycles. The van der Waals surface area contributed by atoms with E-state index in [-0.39, 0.29) is 5.91 Å². The van der Waals surface area contributed by atoms with Crippen LogP contribution in [-0.4, -0.2) is 65.8 Å². The molecule has 1 N–H and O–H groups in total. The van der Waals surface area contributed by atoms with Crippen LogP contribution < -0.4 is 10.2 Å². The van der Waals surface area contributed by atoms with E-state index in [0.717, 1.165) is 44.2 Å². The highest BCUT2D eigenvalue weighted by atomic mass is 16.3. The van der Waals surface area contributed by atoms with Gasteiger partial charge in [0.2, 0.25) is 0 Å². The fourth-order valence-electron chi connectivity index (χ4n) is 3.80. The van der Waals surface area contributed by atoms with Crippen LogP contribution >= 0.6 is 0 Å². The van der Waals surface area contributed by atoms with E-state index in [9.17, 15) is 4.79 Å². The minimum absolute atomic E-state index is 0.208. The molecule has 1 aromatic carbocycles. The number of anilines is 1. The molecule has 168 valence electrons. The highest BCUT2D eigenvalue weighted by Gasteiger charge is 2.18. The van der Waals surface area contributed by atoms with Gasteiger partial charge in [-0.2, -0.15) is 0 Å². The number of benzene rings is 1. The van der Waals surface area contributed by atoms with Gasteiger partial charge in [-0.05, 0) is 29.8 Å². The lowest BCUT2D eigenvalue weighted by Gasteiger charge is -2.17. The molecule has 0 bridgehead atoms. The highest BCUT2D eigenvalue weighted by Crippen LogP contribution is 2.14. The van der Waals surface area contributed by atoms with Gasteiger partial charge in [0.15, 0.2) is 5.76 Å². The van der Waals surface area contributed by atoms with Crippen molar-refractivity contribution in [3.63, 3.8) is 0 Å². The number of hydrogen-bond donors (Lipinski definition) is 1. The number of furan rings is 1. The Morgan fingerprint density at radius 2 is 2.00 bits per heavy atom. The monoisotopic (exact) mass is 434 g/mol. The molecule has 0 aliphatic carbocycles. The molecule has 3 aromatic rings. The molecule has 8 nitrogen and oxygen atoms in total. The molecule has 0 saturated carbocycles. The Morgan fingerprint density at radius 1 is 1.16 bits per heavy atom. The number of carbonyl (C=O) groups excluding carboxylic acids is 1. The predicted molar refractivity (Wildman–Crippen MR) is 125 cm³/mol. The van der Waals surface area contributed by atoms with Crippen LogP contribution in [0.5, 0.6) is 0 Å². The first-order valence-electron chi connectivity index (χ1n) is 11.0. The lowest BCUT2D eigenvalue weighted by Crippen LogP contribution is -2.28. The van der Waals surface area contributed by atoms with Gasteiger partial charge in [-0.1, -0.05) is 24.3 Å². The first-order chi connectivity index (χ1) is 15.6. The molecule has 1 amide bonds. The average molecular weight is 435 g/mol. The van der Waals surface area contributed by atoms with E-state index < -0.39 is 0 Å². The fraction of sp³-hybridized carbons (Fsp3) is 0.375. The Bertz CT molecular complexity index is 1040. The largest absolute Gasteiger partial charge is 0.459 e. The Hall–Kier alpha value is -3.39. The van der Waals surface area contributed by atoms with Crippen LogP contribution in [-0.2, 0) is 19.4 Å². The van der Waals surface area contributed by atoms with E-state index in [2.05, 4.69) is 66.3 Å². The van der Waals surface area contributed by atoms with E-state index in [1.807, 2.05) is 14.1 Å². The molecule has 32 heavy (non-hydrogen) atoms. The Morgan fingerprint density at radius 3 is 2.75 bits per heavy atom. The molecule has 0 fully saturated rings. The summed E-state index contributed by atoms with van der Waals surface area (Å²) in [6, 6.07) is 11.9. The maximum Gasteiger partial charge on any atom is 0.286 e. The van der Waals surface area contributed by atoms with Gasteiger partial charge >= 0.3 is 0 Å². The fourth-order valence-corrected chi connectivity index (χ4v) is 3.80. The molecule has 1 aliphatic heterocycles. The van der Waals surface area contributed by atoms with Crippen molar-refractivity contribution < 1.29 is 9.21 Å². The maximum atomic E-state index is 12.0. The van der Waals surface area contributed by atoms with Gasteiger partial charge in [-0.25, -0.2) is 0 Å². The van der Waals surface area contributed by atoms with Crippen molar-refractivity contribution in [2.24, 2.45) is 0 Å². The summed E-state index contributed by atoms with van der Waals surface area (Å²) in [5.41, 5.74) is 2.41. The number of nitrogens with one attached hydrogen (secondary N) is 1. The maximum absolute atomic E-state index is 12.0. The summed E-state index contributed by atoms with van der Waals surface area (Å²) < 4.78 is 7.32. The first kappa shape index (κ1) is 21.8. The molecule has 3 heterocycles. The molecular weight excluding hydrogens is 404 g/mol. The average Bonchev–Trinajstić information content (AvgIpc) is 3.42. The third-order valence-electron chi connectivity index (χ3n) is 5.66. The van der Waals surface area contributed by atoms with Crippen molar-refractivity contribution in [3.8, 4) is 0 Å². The van der Waals surface area contributed by atoms with Gasteiger partial charge in [0.25, 0.3) is 5.91 Å². The predicted octanol–water partition coefficient (Wildman–Crippen LogP) is 2.48. The van der Waals surface area contributed by atoms with Crippen molar-refractivity contribution in [3.05, 3.63) is 71.7 Å². The van der Waals surface area contributed by atoms with E-state index in [1.165, 1.54) is 17.5 Å². The molecule has 8 heteroatoms. The highest BCUT2D eigenvalue weighted by molar-refractivity contribution is 5.91. The molecule has 4 rings (SSSR count). The Balaban J connectivity index is 1.26. The minimum atomic E-state index is -0.208. The number of nitrogens with zero attached hydrogens (tertiary/aromatic N) is 5. The Kier molecular flexibility index (Phi) is 7.01. The summed E-state index contributed by atoms with van der Waals surface area (Å²) >= 11 is 0. The molecule has 0 radical (unpaired) electrons. The summed E-state index contributed by atoms with van der Waals surface area (Å²) in [4.78, 5) is 16.5. The molecular formula is C24H30N6O2. The third kappa shape index (κ3) is 5.45. The summed E-state index contributed by atoms with van der Waals surface area (Å²) in [5.74, 6) is 2.04. The van der Waals surface area contributed by atoms with Crippen molar-refractivity contribution in [1.82, 2.24) is 25.0 Å². The van der Waals surface area contributed by atoms with Crippen molar-refractivity contribution in [2.45, 2.75) is 19.4 Å². The van der Waals surface area contributed by atoms with Crippen LogP contribution in [0.2, 0.25) is 0 Å². The second kappa shape index (κ2) is 10.3. The topological polar surface area (TPSA) is 79.4 Å². The number of fused-ring (bicyclic) bond motifs is 1. The second-order valence-electron chi connectivity index (χ2n) is 8.11. The van der Waals surface area contributed by atoms with E-state index in [0.29, 0.717) is 18.7 Å². The zero-order valence-electron chi connectivity index (χ0n) is 18.7. The van der Waals surface area contributed by atoms with Crippen molar-refractivity contribution in [1.29, 1.82) is 0 Å². The van der Waals surface area contributed by atoms with Gasteiger partial charge in [0.1, 0.15) is 11.6 Å². The summed E-state index contributed by atoms with van der Waals surface area (Å²) in [7, 11) is 4.10. The Labute approximate surface area is 188 Å². The van der Waals surface area contributed by atoms with E-state index in [1.54, 1.807) is 12.1 Å². The number of aromatic nitrogens is 3. The molecule has 0 spiro atoms. The minimum Gasteiger partial charge on any atom is -0.459 e. The molecule has 0 atom stereocenters.